The lowest BCUT2D eigenvalue weighted by Gasteiger charge is -2.10. The lowest BCUT2D eigenvalue weighted by molar-refractivity contribution is 0.0696. The molecule has 0 radical (unpaired) electrons. The second-order valence-corrected chi connectivity index (χ2v) is 7.30. The molecule has 0 saturated heterocycles. The van der Waals surface area contributed by atoms with Gasteiger partial charge in [-0.3, -0.25) is 4.79 Å². The number of carboxylic acids is 1. The van der Waals surface area contributed by atoms with E-state index >= 15 is 0 Å². The van der Waals surface area contributed by atoms with E-state index in [1.807, 2.05) is 0 Å². The fraction of sp³-hybridized carbons (Fsp3) is 0.0800. The highest BCUT2D eigenvalue weighted by atomic mass is 19.1. The average molecular weight is 461 g/mol. The maximum atomic E-state index is 13.1. The smallest absolute Gasteiger partial charge is 0.335 e. The number of ether oxygens (including phenoxy) is 1. The first kappa shape index (κ1) is 22.5. The van der Waals surface area contributed by atoms with Crippen LogP contribution in [0.15, 0.2) is 77.3 Å². The van der Waals surface area contributed by atoms with Crippen LogP contribution in [0.2, 0.25) is 0 Å². The third-order valence-electron chi connectivity index (χ3n) is 4.94. The van der Waals surface area contributed by atoms with Gasteiger partial charge in [0.2, 0.25) is 0 Å². The van der Waals surface area contributed by atoms with Gasteiger partial charge in [0.15, 0.2) is 5.76 Å². The van der Waals surface area contributed by atoms with E-state index in [0.29, 0.717) is 28.3 Å². The van der Waals surface area contributed by atoms with Crippen LogP contribution in [0.1, 0.15) is 26.3 Å². The number of carbonyl (C=O) groups excluding carboxylic acids is 1. The number of oxazole rings is 1. The van der Waals surface area contributed by atoms with Crippen LogP contribution in [0.25, 0.3) is 11.3 Å². The normalized spacial score (nSPS) is 10.5. The second-order valence-electron chi connectivity index (χ2n) is 7.30. The molecule has 8 nitrogen and oxygen atoms in total. The molecule has 0 aliphatic rings. The number of nitrogens with one attached hydrogen (secondary N) is 2. The number of halogens is 1. The van der Waals surface area contributed by atoms with Crippen LogP contribution in [0, 0.1) is 5.82 Å². The summed E-state index contributed by atoms with van der Waals surface area (Å²) in [5.41, 5.74) is 2.46. The average Bonchev–Trinajstić information content (AvgIpc) is 3.31. The van der Waals surface area contributed by atoms with Gasteiger partial charge in [-0.05, 0) is 42.0 Å². The standard InChI is InChI=1S/C25H20FN3O5/c1-33-21-11-18(23(30)27-13-15-2-8-19(26)9-3-15)10-20(12-21)29-25-28-14-22(34-25)16-4-6-17(7-5-16)24(31)32/h2-12,14H,13H2,1H3,(H,27,30)(H,28,29)(H,31,32). The Balaban J connectivity index is 1.48. The molecule has 0 aliphatic carbocycles. The van der Waals surface area contributed by atoms with Crippen molar-refractivity contribution >= 4 is 23.6 Å². The van der Waals surface area contributed by atoms with Gasteiger partial charge < -0.3 is 24.9 Å². The molecule has 172 valence electrons. The number of aromatic carboxylic acids is 1. The molecular formula is C25H20FN3O5. The van der Waals surface area contributed by atoms with Gasteiger partial charge in [0.05, 0.1) is 18.9 Å². The fourth-order valence-corrected chi connectivity index (χ4v) is 3.17. The van der Waals surface area contributed by atoms with Crippen molar-refractivity contribution < 1.29 is 28.2 Å². The number of hydrogen-bond donors (Lipinski definition) is 3. The lowest BCUT2D eigenvalue weighted by Crippen LogP contribution is -2.22. The first-order valence-electron chi connectivity index (χ1n) is 10.2. The topological polar surface area (TPSA) is 114 Å². The van der Waals surface area contributed by atoms with Crippen LogP contribution in [0.5, 0.6) is 5.75 Å². The van der Waals surface area contributed by atoms with E-state index in [2.05, 4.69) is 15.6 Å². The zero-order valence-electron chi connectivity index (χ0n) is 18.0. The number of carboxylic acid groups (broad SMARTS) is 1. The van der Waals surface area contributed by atoms with Gasteiger partial charge in [0, 0.05) is 29.4 Å². The Kier molecular flexibility index (Phi) is 6.54. The van der Waals surface area contributed by atoms with Crippen molar-refractivity contribution in [3.8, 4) is 17.1 Å². The van der Waals surface area contributed by atoms with Crippen LogP contribution in [0.4, 0.5) is 16.1 Å². The molecule has 4 rings (SSSR count). The minimum absolute atomic E-state index is 0.170. The van der Waals surface area contributed by atoms with E-state index in [9.17, 15) is 14.0 Å². The van der Waals surface area contributed by atoms with Gasteiger partial charge in [-0.1, -0.05) is 24.3 Å². The maximum Gasteiger partial charge on any atom is 0.335 e. The predicted molar refractivity (Wildman–Crippen MR) is 123 cm³/mol. The highest BCUT2D eigenvalue weighted by molar-refractivity contribution is 5.95. The van der Waals surface area contributed by atoms with E-state index in [1.165, 1.54) is 37.6 Å². The third-order valence-corrected chi connectivity index (χ3v) is 4.94. The zero-order chi connectivity index (χ0) is 24.1. The van der Waals surface area contributed by atoms with Crippen LogP contribution in [-0.4, -0.2) is 29.1 Å². The Morgan fingerprint density at radius 3 is 2.44 bits per heavy atom. The van der Waals surface area contributed by atoms with Gasteiger partial charge in [0.1, 0.15) is 11.6 Å². The Labute approximate surface area is 194 Å². The van der Waals surface area contributed by atoms with E-state index in [1.54, 1.807) is 42.5 Å². The van der Waals surface area contributed by atoms with E-state index in [-0.39, 0.29) is 29.8 Å². The zero-order valence-corrected chi connectivity index (χ0v) is 18.0. The molecule has 0 atom stereocenters. The van der Waals surface area contributed by atoms with E-state index in [0.717, 1.165) is 5.56 Å². The summed E-state index contributed by atoms with van der Waals surface area (Å²) in [7, 11) is 1.49. The van der Waals surface area contributed by atoms with E-state index in [4.69, 9.17) is 14.3 Å². The molecule has 0 fully saturated rings. The van der Waals surface area contributed by atoms with Crippen molar-refractivity contribution in [3.05, 3.63) is 95.4 Å². The molecular weight excluding hydrogens is 441 g/mol. The predicted octanol–water partition coefficient (Wildman–Crippen LogP) is 4.86. The quantitative estimate of drug-likeness (QED) is 0.343. The maximum absolute atomic E-state index is 13.1. The van der Waals surface area contributed by atoms with Crippen molar-refractivity contribution in [2.45, 2.75) is 6.54 Å². The first-order chi connectivity index (χ1) is 16.4. The van der Waals surface area contributed by atoms with Crippen LogP contribution in [-0.2, 0) is 6.54 Å². The summed E-state index contributed by atoms with van der Waals surface area (Å²) in [5.74, 6) is -0.793. The molecule has 3 N–H and O–H groups in total. The van der Waals surface area contributed by atoms with Gasteiger partial charge >= 0.3 is 5.97 Å². The number of amides is 1. The monoisotopic (exact) mass is 461 g/mol. The van der Waals surface area contributed by atoms with Crippen molar-refractivity contribution in [1.29, 1.82) is 0 Å². The number of rotatable bonds is 8. The van der Waals surface area contributed by atoms with Crippen molar-refractivity contribution in [2.24, 2.45) is 0 Å². The van der Waals surface area contributed by atoms with Gasteiger partial charge in [0.25, 0.3) is 11.9 Å². The van der Waals surface area contributed by atoms with Crippen LogP contribution < -0.4 is 15.4 Å². The molecule has 1 aromatic heterocycles. The number of nitrogens with zero attached hydrogens (tertiary/aromatic N) is 1. The summed E-state index contributed by atoms with van der Waals surface area (Å²) in [6, 6.07) is 17.2. The molecule has 3 aromatic carbocycles. The molecule has 0 saturated carbocycles. The van der Waals surface area contributed by atoms with Gasteiger partial charge in [-0.25, -0.2) is 14.2 Å². The largest absolute Gasteiger partial charge is 0.497 e. The Morgan fingerprint density at radius 2 is 1.76 bits per heavy atom. The molecule has 0 bridgehead atoms. The number of carbonyl (C=O) groups is 2. The molecule has 34 heavy (non-hydrogen) atoms. The van der Waals surface area contributed by atoms with Crippen molar-refractivity contribution in [3.63, 3.8) is 0 Å². The Morgan fingerprint density at radius 1 is 1.03 bits per heavy atom. The molecule has 0 aliphatic heterocycles. The van der Waals surface area contributed by atoms with Crippen LogP contribution in [0.3, 0.4) is 0 Å². The summed E-state index contributed by atoms with van der Waals surface area (Å²) in [6.45, 7) is 0.239. The minimum atomic E-state index is -1.01. The summed E-state index contributed by atoms with van der Waals surface area (Å²) in [5, 5.41) is 14.8. The second kappa shape index (κ2) is 9.86. The molecule has 0 spiro atoms. The SMILES string of the molecule is COc1cc(Nc2ncc(-c3ccc(C(=O)O)cc3)o2)cc(C(=O)NCc2ccc(F)cc2)c1. The lowest BCUT2D eigenvalue weighted by atomic mass is 10.1. The van der Waals surface area contributed by atoms with Crippen molar-refractivity contribution in [2.75, 3.05) is 12.4 Å². The fourth-order valence-electron chi connectivity index (χ4n) is 3.17. The van der Waals surface area contributed by atoms with Gasteiger partial charge in [-0.15, -0.1) is 0 Å². The number of methoxy groups -OCH3 is 1. The third kappa shape index (κ3) is 5.39. The summed E-state index contributed by atoms with van der Waals surface area (Å²) in [6.07, 6.45) is 1.51. The highest BCUT2D eigenvalue weighted by Gasteiger charge is 2.13. The number of benzene rings is 3. The Bertz CT molecular complexity index is 1320. The van der Waals surface area contributed by atoms with Crippen molar-refractivity contribution in [1.82, 2.24) is 10.3 Å². The molecule has 9 heteroatoms. The highest BCUT2D eigenvalue weighted by Crippen LogP contribution is 2.27. The minimum Gasteiger partial charge on any atom is -0.497 e. The molecule has 1 amide bonds. The molecule has 4 aromatic rings. The first-order valence-corrected chi connectivity index (χ1v) is 10.2. The number of aromatic nitrogens is 1. The Hall–Kier alpha value is -4.66. The molecule has 1 heterocycles. The summed E-state index contributed by atoms with van der Waals surface area (Å²) < 4.78 is 24.1. The number of hydrogen-bond acceptors (Lipinski definition) is 6. The summed E-state index contributed by atoms with van der Waals surface area (Å²) >= 11 is 0. The van der Waals surface area contributed by atoms with Crippen LogP contribution >= 0.6 is 0 Å². The summed E-state index contributed by atoms with van der Waals surface area (Å²) in [4.78, 5) is 27.9. The molecule has 0 unspecified atom stereocenters. The van der Waals surface area contributed by atoms with E-state index < -0.39 is 5.97 Å². The number of anilines is 2. The van der Waals surface area contributed by atoms with Gasteiger partial charge in [-0.2, -0.15) is 0 Å².